The molecule has 1 N–H and O–H groups in total. The maximum absolute atomic E-state index is 12.5. The lowest BCUT2D eigenvalue weighted by molar-refractivity contribution is 0.102. The normalized spacial score (nSPS) is 11.2. The molecular formula is C19H24N6O2. The smallest absolute Gasteiger partial charge is 0.255 e. The number of nitrogens with zero attached hydrogens (tertiary/aromatic N) is 5. The van der Waals surface area contributed by atoms with Gasteiger partial charge in [-0.05, 0) is 45.5 Å². The van der Waals surface area contributed by atoms with Gasteiger partial charge in [0.25, 0.3) is 5.91 Å². The maximum Gasteiger partial charge on any atom is 0.255 e. The Hall–Kier alpha value is -3.00. The highest BCUT2D eigenvalue weighted by Crippen LogP contribution is 2.19. The molecule has 142 valence electrons. The minimum absolute atomic E-state index is 0.140. The molecule has 8 heteroatoms. The first-order valence-corrected chi connectivity index (χ1v) is 8.72. The molecule has 0 fully saturated rings. The van der Waals surface area contributed by atoms with Crippen LogP contribution < -0.4 is 5.32 Å². The van der Waals surface area contributed by atoms with E-state index >= 15 is 0 Å². The number of aromatic nitrogens is 4. The van der Waals surface area contributed by atoms with Crippen LogP contribution in [0, 0.1) is 20.8 Å². The SMILES string of the molecule is Cc1nonc1CN(C)Cc1ccc(C(=O)Nc2c(C)nn(C)c2C)cc1. The predicted molar refractivity (Wildman–Crippen MR) is 101 cm³/mol. The molecule has 8 nitrogen and oxygen atoms in total. The fourth-order valence-corrected chi connectivity index (χ4v) is 2.92. The van der Waals surface area contributed by atoms with E-state index in [-0.39, 0.29) is 5.91 Å². The van der Waals surface area contributed by atoms with Gasteiger partial charge in [-0.2, -0.15) is 5.10 Å². The highest BCUT2D eigenvalue weighted by Gasteiger charge is 2.14. The third-order valence-electron chi connectivity index (χ3n) is 4.58. The van der Waals surface area contributed by atoms with Crippen molar-refractivity contribution in [2.75, 3.05) is 12.4 Å². The molecule has 1 aromatic carbocycles. The molecule has 0 radical (unpaired) electrons. The molecule has 0 aliphatic carbocycles. The molecule has 3 aromatic rings. The van der Waals surface area contributed by atoms with Crippen molar-refractivity contribution in [3.63, 3.8) is 0 Å². The molecule has 3 rings (SSSR count). The molecule has 0 aliphatic rings. The Morgan fingerprint density at radius 3 is 2.37 bits per heavy atom. The van der Waals surface area contributed by atoms with E-state index in [1.165, 1.54) is 0 Å². The predicted octanol–water partition coefficient (Wildman–Crippen LogP) is 2.61. The summed E-state index contributed by atoms with van der Waals surface area (Å²) < 4.78 is 6.49. The topological polar surface area (TPSA) is 89.1 Å². The lowest BCUT2D eigenvalue weighted by Gasteiger charge is -2.15. The molecule has 0 aliphatic heterocycles. The molecule has 0 spiro atoms. The van der Waals surface area contributed by atoms with Crippen molar-refractivity contribution in [3.05, 3.63) is 58.2 Å². The zero-order valence-corrected chi connectivity index (χ0v) is 16.3. The summed E-state index contributed by atoms with van der Waals surface area (Å²) in [4.78, 5) is 14.6. The second-order valence-electron chi connectivity index (χ2n) is 6.79. The number of rotatable bonds is 6. The molecule has 0 bridgehead atoms. The Kier molecular flexibility index (Phi) is 5.36. The average molecular weight is 368 g/mol. The number of carbonyl (C=O) groups is 1. The Bertz CT molecular complexity index is 942. The zero-order chi connectivity index (χ0) is 19.6. The van der Waals surface area contributed by atoms with Crippen molar-refractivity contribution >= 4 is 11.6 Å². The number of benzene rings is 1. The summed E-state index contributed by atoms with van der Waals surface area (Å²) >= 11 is 0. The van der Waals surface area contributed by atoms with Crippen molar-refractivity contribution in [1.82, 2.24) is 25.0 Å². The molecule has 2 heterocycles. The molecule has 27 heavy (non-hydrogen) atoms. The summed E-state index contributed by atoms with van der Waals surface area (Å²) in [5, 5.41) is 15.0. The summed E-state index contributed by atoms with van der Waals surface area (Å²) in [5.41, 5.74) is 5.85. The van der Waals surface area contributed by atoms with E-state index in [1.54, 1.807) is 4.68 Å². The Balaban J connectivity index is 1.62. The lowest BCUT2D eigenvalue weighted by Crippen LogP contribution is -2.18. The highest BCUT2D eigenvalue weighted by atomic mass is 16.6. The average Bonchev–Trinajstić information content (AvgIpc) is 3.13. The van der Waals surface area contributed by atoms with E-state index in [1.807, 2.05) is 59.1 Å². The largest absolute Gasteiger partial charge is 0.319 e. The molecular weight excluding hydrogens is 344 g/mol. The van der Waals surface area contributed by atoms with Gasteiger partial charge in [0.2, 0.25) is 0 Å². The monoisotopic (exact) mass is 368 g/mol. The van der Waals surface area contributed by atoms with Gasteiger partial charge in [-0.1, -0.05) is 22.4 Å². The van der Waals surface area contributed by atoms with Gasteiger partial charge >= 0.3 is 0 Å². The minimum atomic E-state index is -0.140. The van der Waals surface area contributed by atoms with Crippen LogP contribution in [0.5, 0.6) is 0 Å². The van der Waals surface area contributed by atoms with Gasteiger partial charge < -0.3 is 5.32 Å². The number of amides is 1. The van der Waals surface area contributed by atoms with E-state index in [0.29, 0.717) is 12.1 Å². The fraction of sp³-hybridized carbons (Fsp3) is 0.368. The van der Waals surface area contributed by atoms with Gasteiger partial charge in [-0.25, -0.2) is 4.63 Å². The molecule has 0 saturated carbocycles. The Morgan fingerprint density at radius 2 is 1.81 bits per heavy atom. The van der Waals surface area contributed by atoms with Crippen LogP contribution in [0.3, 0.4) is 0 Å². The number of carbonyl (C=O) groups excluding carboxylic acids is 1. The summed E-state index contributed by atoms with van der Waals surface area (Å²) in [6, 6.07) is 7.59. The lowest BCUT2D eigenvalue weighted by atomic mass is 10.1. The van der Waals surface area contributed by atoms with Crippen molar-refractivity contribution in [1.29, 1.82) is 0 Å². The molecule has 0 saturated heterocycles. The quantitative estimate of drug-likeness (QED) is 0.719. The third-order valence-corrected chi connectivity index (χ3v) is 4.58. The molecule has 2 aromatic heterocycles. The van der Waals surface area contributed by atoms with Gasteiger partial charge in [0.05, 0.1) is 17.1 Å². The van der Waals surface area contributed by atoms with Crippen molar-refractivity contribution in [2.45, 2.75) is 33.9 Å². The second-order valence-corrected chi connectivity index (χ2v) is 6.79. The van der Waals surface area contributed by atoms with Crippen LogP contribution in [0.1, 0.15) is 38.7 Å². The Labute approximate surface area is 158 Å². The zero-order valence-electron chi connectivity index (χ0n) is 16.3. The minimum Gasteiger partial charge on any atom is -0.319 e. The number of anilines is 1. The van der Waals surface area contributed by atoms with Gasteiger partial charge in [-0.3, -0.25) is 14.4 Å². The van der Waals surface area contributed by atoms with E-state index in [9.17, 15) is 4.79 Å². The highest BCUT2D eigenvalue weighted by molar-refractivity contribution is 6.04. The molecule has 0 atom stereocenters. The summed E-state index contributed by atoms with van der Waals surface area (Å²) in [6.07, 6.45) is 0. The number of hydrogen-bond donors (Lipinski definition) is 1. The van der Waals surface area contributed by atoms with Crippen LogP contribution in [0.2, 0.25) is 0 Å². The standard InChI is InChI=1S/C19H24N6O2/c1-12-17(23-27-22-12)11-24(4)10-15-6-8-16(9-7-15)19(26)20-18-13(2)21-25(5)14(18)3/h6-9H,10-11H2,1-5H3,(H,20,26). The van der Waals surface area contributed by atoms with Gasteiger partial charge in [0.1, 0.15) is 11.4 Å². The van der Waals surface area contributed by atoms with Crippen molar-refractivity contribution in [3.8, 4) is 0 Å². The van der Waals surface area contributed by atoms with Gasteiger partial charge in [0, 0.05) is 25.7 Å². The number of nitrogens with one attached hydrogen (secondary N) is 1. The van der Waals surface area contributed by atoms with Crippen LogP contribution in [0.25, 0.3) is 0 Å². The summed E-state index contributed by atoms with van der Waals surface area (Å²) in [6.45, 7) is 7.07. The maximum atomic E-state index is 12.5. The second kappa shape index (κ2) is 7.71. The molecule has 1 amide bonds. The first-order valence-electron chi connectivity index (χ1n) is 8.72. The van der Waals surface area contributed by atoms with Crippen LogP contribution in [0.15, 0.2) is 28.9 Å². The van der Waals surface area contributed by atoms with E-state index in [0.717, 1.165) is 40.6 Å². The van der Waals surface area contributed by atoms with Crippen molar-refractivity contribution in [2.24, 2.45) is 7.05 Å². The van der Waals surface area contributed by atoms with Gasteiger partial charge in [0.15, 0.2) is 0 Å². The fourth-order valence-electron chi connectivity index (χ4n) is 2.92. The van der Waals surface area contributed by atoms with Crippen molar-refractivity contribution < 1.29 is 9.42 Å². The van der Waals surface area contributed by atoms with Crippen LogP contribution in [0.4, 0.5) is 5.69 Å². The van der Waals surface area contributed by atoms with Crippen LogP contribution >= 0.6 is 0 Å². The van der Waals surface area contributed by atoms with Gasteiger partial charge in [-0.15, -0.1) is 0 Å². The summed E-state index contributed by atoms with van der Waals surface area (Å²) in [5.74, 6) is -0.140. The number of aryl methyl sites for hydroxylation is 3. The Morgan fingerprint density at radius 1 is 1.11 bits per heavy atom. The van der Waals surface area contributed by atoms with Crippen LogP contribution in [-0.4, -0.2) is 37.9 Å². The van der Waals surface area contributed by atoms with Crippen LogP contribution in [-0.2, 0) is 20.1 Å². The van der Waals surface area contributed by atoms with E-state index < -0.39 is 0 Å². The third kappa shape index (κ3) is 4.22. The first kappa shape index (κ1) is 18.8. The van der Waals surface area contributed by atoms with E-state index in [4.69, 9.17) is 4.63 Å². The first-order chi connectivity index (χ1) is 12.8. The molecule has 0 unspecified atom stereocenters. The summed E-state index contributed by atoms with van der Waals surface area (Å²) in [7, 11) is 3.86. The number of hydrogen-bond acceptors (Lipinski definition) is 6. The van der Waals surface area contributed by atoms with E-state index in [2.05, 4.69) is 25.6 Å².